The second kappa shape index (κ2) is 6.40. The molecule has 0 heterocycles. The number of ether oxygens (including phenoxy) is 2. The van der Waals surface area contributed by atoms with Gasteiger partial charge in [-0.15, -0.1) is 0 Å². The number of hydrogen-bond acceptors (Lipinski definition) is 5. The van der Waals surface area contributed by atoms with Crippen LogP contribution in [0.1, 0.15) is 26.3 Å². The van der Waals surface area contributed by atoms with Crippen molar-refractivity contribution in [3.8, 4) is 5.75 Å². The van der Waals surface area contributed by atoms with Gasteiger partial charge in [-0.2, -0.15) is 0 Å². The summed E-state index contributed by atoms with van der Waals surface area (Å²) in [6, 6.07) is 5.15. The van der Waals surface area contributed by atoms with Gasteiger partial charge in [0.1, 0.15) is 11.4 Å². The van der Waals surface area contributed by atoms with Crippen molar-refractivity contribution in [1.29, 1.82) is 0 Å². The van der Waals surface area contributed by atoms with Crippen LogP contribution >= 0.6 is 0 Å². The van der Waals surface area contributed by atoms with Crippen LogP contribution in [-0.4, -0.2) is 18.8 Å². The molecule has 0 aromatic heterocycles. The highest BCUT2D eigenvalue weighted by molar-refractivity contribution is 5.85. The molecule has 0 aliphatic rings. The quantitative estimate of drug-likeness (QED) is 0.819. The molecular formula is C13H20N2O4. The van der Waals surface area contributed by atoms with E-state index in [-0.39, 0.29) is 6.61 Å². The Morgan fingerprint density at radius 3 is 2.58 bits per heavy atom. The highest BCUT2D eigenvalue weighted by atomic mass is 16.6. The van der Waals surface area contributed by atoms with E-state index >= 15 is 0 Å². The molecule has 0 bridgehead atoms. The van der Waals surface area contributed by atoms with Crippen LogP contribution in [0.2, 0.25) is 0 Å². The number of anilines is 1. The lowest BCUT2D eigenvalue weighted by Crippen LogP contribution is -2.27. The lowest BCUT2D eigenvalue weighted by Gasteiger charge is -2.20. The summed E-state index contributed by atoms with van der Waals surface area (Å²) >= 11 is 0. The van der Waals surface area contributed by atoms with E-state index in [2.05, 4.69) is 10.2 Å². The van der Waals surface area contributed by atoms with E-state index < -0.39 is 11.7 Å². The van der Waals surface area contributed by atoms with Crippen molar-refractivity contribution in [2.24, 2.45) is 5.90 Å². The fourth-order valence-electron chi connectivity index (χ4n) is 1.48. The summed E-state index contributed by atoms with van der Waals surface area (Å²) in [5.41, 5.74) is 0.778. The van der Waals surface area contributed by atoms with E-state index in [1.807, 2.05) is 0 Å². The van der Waals surface area contributed by atoms with Crippen molar-refractivity contribution >= 4 is 11.8 Å². The summed E-state index contributed by atoms with van der Waals surface area (Å²) in [7, 11) is 1.55. The van der Waals surface area contributed by atoms with E-state index in [0.717, 1.165) is 5.56 Å². The van der Waals surface area contributed by atoms with Crippen LogP contribution in [0.5, 0.6) is 5.75 Å². The number of hydrogen-bond donors (Lipinski definition) is 2. The predicted octanol–water partition coefficient (Wildman–Crippen LogP) is 2.43. The lowest BCUT2D eigenvalue weighted by molar-refractivity contribution is 0.0636. The summed E-state index contributed by atoms with van der Waals surface area (Å²) in [6.45, 7) is 5.59. The molecule has 0 atom stereocenters. The first-order valence-corrected chi connectivity index (χ1v) is 5.84. The average molecular weight is 268 g/mol. The van der Waals surface area contributed by atoms with Crippen LogP contribution in [0.3, 0.4) is 0 Å². The number of rotatable bonds is 4. The zero-order valence-corrected chi connectivity index (χ0v) is 11.6. The molecule has 106 valence electrons. The fraction of sp³-hybridized carbons (Fsp3) is 0.462. The molecular weight excluding hydrogens is 248 g/mol. The number of amides is 1. The van der Waals surface area contributed by atoms with Crippen LogP contribution in [0.4, 0.5) is 10.5 Å². The van der Waals surface area contributed by atoms with E-state index in [0.29, 0.717) is 11.4 Å². The van der Waals surface area contributed by atoms with Crippen LogP contribution in [0.15, 0.2) is 18.2 Å². The monoisotopic (exact) mass is 268 g/mol. The molecule has 3 N–H and O–H groups in total. The molecule has 0 radical (unpaired) electrons. The first-order valence-electron chi connectivity index (χ1n) is 5.84. The highest BCUT2D eigenvalue weighted by Gasteiger charge is 2.16. The zero-order chi connectivity index (χ0) is 14.5. The van der Waals surface area contributed by atoms with Gasteiger partial charge in [-0.1, -0.05) is 0 Å². The lowest BCUT2D eigenvalue weighted by atomic mass is 10.2. The first kappa shape index (κ1) is 15.3. The third-order valence-electron chi connectivity index (χ3n) is 2.16. The largest absolute Gasteiger partial charge is 0.496 e. The van der Waals surface area contributed by atoms with Crippen LogP contribution in [-0.2, 0) is 16.2 Å². The third-order valence-corrected chi connectivity index (χ3v) is 2.16. The maximum atomic E-state index is 11.6. The van der Waals surface area contributed by atoms with Crippen molar-refractivity contribution in [1.82, 2.24) is 0 Å². The Labute approximate surface area is 112 Å². The molecule has 0 fully saturated rings. The van der Waals surface area contributed by atoms with Crippen LogP contribution in [0.25, 0.3) is 0 Å². The smallest absolute Gasteiger partial charge is 0.412 e. The Kier molecular flexibility index (Phi) is 5.14. The van der Waals surface area contributed by atoms with Gasteiger partial charge in [0.25, 0.3) is 0 Å². The molecule has 1 amide bonds. The summed E-state index contributed by atoms with van der Waals surface area (Å²) in [6.07, 6.45) is -0.516. The van der Waals surface area contributed by atoms with E-state index in [9.17, 15) is 4.79 Å². The van der Waals surface area contributed by atoms with Gasteiger partial charge in [0.15, 0.2) is 0 Å². The van der Waals surface area contributed by atoms with Crippen LogP contribution < -0.4 is 16.0 Å². The molecule has 1 aromatic carbocycles. The number of nitrogens with two attached hydrogens (primary N) is 1. The topological polar surface area (TPSA) is 82.8 Å². The number of carbonyl (C=O) groups excluding carboxylic acids is 1. The van der Waals surface area contributed by atoms with Gasteiger partial charge in [0.2, 0.25) is 0 Å². The zero-order valence-electron chi connectivity index (χ0n) is 11.6. The highest BCUT2D eigenvalue weighted by Crippen LogP contribution is 2.23. The minimum Gasteiger partial charge on any atom is -0.496 e. The molecule has 1 aromatic rings. The normalized spacial score (nSPS) is 11.0. The second-order valence-corrected chi connectivity index (χ2v) is 4.96. The Morgan fingerprint density at radius 1 is 1.37 bits per heavy atom. The molecule has 6 nitrogen and oxygen atoms in total. The molecule has 1 rings (SSSR count). The van der Waals surface area contributed by atoms with Gasteiger partial charge in [-0.05, 0) is 39.0 Å². The van der Waals surface area contributed by atoms with E-state index in [4.69, 9.17) is 15.4 Å². The van der Waals surface area contributed by atoms with Gasteiger partial charge < -0.3 is 9.47 Å². The molecule has 0 unspecified atom stereocenters. The number of methoxy groups -OCH3 is 1. The van der Waals surface area contributed by atoms with Crippen molar-refractivity contribution < 1.29 is 19.1 Å². The molecule has 0 saturated carbocycles. The standard InChI is InChI=1S/C13H20N2O4/c1-13(2,3)19-12(16)15-10-5-6-11(17-4)9(7-10)8-18-14/h5-7H,8,14H2,1-4H3,(H,15,16). The molecule has 0 saturated heterocycles. The Morgan fingerprint density at radius 2 is 2.05 bits per heavy atom. The predicted molar refractivity (Wildman–Crippen MR) is 71.8 cm³/mol. The van der Waals surface area contributed by atoms with Crippen molar-refractivity contribution in [2.45, 2.75) is 33.0 Å². The maximum absolute atomic E-state index is 11.6. The maximum Gasteiger partial charge on any atom is 0.412 e. The first-order chi connectivity index (χ1) is 8.85. The summed E-state index contributed by atoms with van der Waals surface area (Å²) < 4.78 is 10.3. The fourth-order valence-corrected chi connectivity index (χ4v) is 1.48. The van der Waals surface area contributed by atoms with Gasteiger partial charge in [-0.3, -0.25) is 10.2 Å². The van der Waals surface area contributed by atoms with Gasteiger partial charge in [0, 0.05) is 11.3 Å². The molecule has 0 spiro atoms. The van der Waals surface area contributed by atoms with Crippen molar-refractivity contribution in [2.75, 3.05) is 12.4 Å². The minimum absolute atomic E-state index is 0.188. The van der Waals surface area contributed by atoms with Crippen molar-refractivity contribution in [3.63, 3.8) is 0 Å². The Balaban J connectivity index is 2.79. The number of benzene rings is 1. The second-order valence-electron chi connectivity index (χ2n) is 4.96. The SMILES string of the molecule is COc1ccc(NC(=O)OC(C)(C)C)cc1CON. The Bertz CT molecular complexity index is 441. The van der Waals surface area contributed by atoms with Crippen molar-refractivity contribution in [3.05, 3.63) is 23.8 Å². The summed E-state index contributed by atoms with van der Waals surface area (Å²) in [4.78, 5) is 16.2. The van der Waals surface area contributed by atoms with E-state index in [1.54, 1.807) is 46.1 Å². The van der Waals surface area contributed by atoms with E-state index in [1.165, 1.54) is 0 Å². The number of carbonyl (C=O) groups is 1. The van der Waals surface area contributed by atoms with Crippen LogP contribution in [0, 0.1) is 0 Å². The molecule has 0 aliphatic heterocycles. The van der Waals surface area contributed by atoms with Gasteiger partial charge in [-0.25, -0.2) is 10.7 Å². The summed E-state index contributed by atoms with van der Waals surface area (Å²) in [5.74, 6) is 5.69. The number of nitrogens with one attached hydrogen (secondary N) is 1. The third kappa shape index (κ3) is 5.15. The summed E-state index contributed by atoms with van der Waals surface area (Å²) in [5, 5.41) is 2.64. The minimum atomic E-state index is -0.542. The molecule has 6 heteroatoms. The van der Waals surface area contributed by atoms with Gasteiger partial charge >= 0.3 is 6.09 Å². The van der Waals surface area contributed by atoms with Gasteiger partial charge in [0.05, 0.1) is 13.7 Å². The Hall–Kier alpha value is -1.79. The average Bonchev–Trinajstić information content (AvgIpc) is 2.27. The molecule has 19 heavy (non-hydrogen) atoms. The molecule has 0 aliphatic carbocycles.